The van der Waals surface area contributed by atoms with E-state index in [1.165, 1.54) is 12.1 Å². The molecule has 0 unspecified atom stereocenters. The molecule has 0 radical (unpaired) electrons. The largest absolute Gasteiger partial charge is 0.370 e. The van der Waals surface area contributed by atoms with Crippen LogP contribution >= 0.6 is 0 Å². The van der Waals surface area contributed by atoms with Gasteiger partial charge in [-0.3, -0.25) is 4.79 Å². The van der Waals surface area contributed by atoms with Gasteiger partial charge >= 0.3 is 0 Å². The van der Waals surface area contributed by atoms with E-state index in [1.54, 1.807) is 4.90 Å². The first-order chi connectivity index (χ1) is 13.9. The Hall–Kier alpha value is -2.31. The molecule has 1 aliphatic carbocycles. The van der Waals surface area contributed by atoms with E-state index >= 15 is 0 Å². The van der Waals surface area contributed by atoms with Gasteiger partial charge in [0.25, 0.3) is 5.91 Å². The Kier molecular flexibility index (Phi) is 4.44. The molecule has 5 rings (SSSR count). The zero-order chi connectivity index (χ0) is 20.2. The molecule has 3 fully saturated rings. The molecule has 2 heterocycles. The minimum atomic E-state index is -0.851. The number of benzene rings is 2. The lowest BCUT2D eigenvalue weighted by atomic mass is 9.76. The summed E-state index contributed by atoms with van der Waals surface area (Å²) in [6, 6.07) is 13.1. The van der Waals surface area contributed by atoms with Crippen LogP contribution in [0, 0.1) is 11.6 Å². The summed E-state index contributed by atoms with van der Waals surface area (Å²) in [6.45, 7) is 2.00. The smallest absolute Gasteiger partial charge is 0.257 e. The van der Waals surface area contributed by atoms with Gasteiger partial charge in [0, 0.05) is 18.9 Å². The number of rotatable bonds is 4. The van der Waals surface area contributed by atoms with E-state index in [1.807, 2.05) is 37.3 Å². The van der Waals surface area contributed by atoms with Crippen LogP contribution in [-0.2, 0) is 14.3 Å². The molecule has 1 amide bonds. The molecule has 29 heavy (non-hydrogen) atoms. The first-order valence-corrected chi connectivity index (χ1v) is 10.1. The maximum Gasteiger partial charge on any atom is 0.257 e. The van der Waals surface area contributed by atoms with Gasteiger partial charge in [0.2, 0.25) is 0 Å². The molecule has 0 N–H and O–H groups in total. The second-order valence-corrected chi connectivity index (χ2v) is 8.29. The van der Waals surface area contributed by atoms with E-state index in [0.29, 0.717) is 31.2 Å². The third kappa shape index (κ3) is 3.15. The fourth-order valence-electron chi connectivity index (χ4n) is 4.94. The molecule has 2 aliphatic heterocycles. The fraction of sp³-hybridized carbons (Fsp3) is 0.435. The summed E-state index contributed by atoms with van der Waals surface area (Å²) in [5, 5.41) is 0. The predicted molar refractivity (Wildman–Crippen MR) is 102 cm³/mol. The van der Waals surface area contributed by atoms with Crippen molar-refractivity contribution in [2.45, 2.75) is 62.7 Å². The van der Waals surface area contributed by atoms with E-state index in [0.717, 1.165) is 11.6 Å². The fourth-order valence-corrected chi connectivity index (χ4v) is 4.94. The molecule has 3 atom stereocenters. The summed E-state index contributed by atoms with van der Waals surface area (Å²) in [5.41, 5.74) is 0.737. The van der Waals surface area contributed by atoms with Crippen molar-refractivity contribution in [1.82, 2.24) is 4.90 Å². The van der Waals surface area contributed by atoms with E-state index < -0.39 is 17.2 Å². The first-order valence-electron chi connectivity index (χ1n) is 10.1. The molecule has 3 aliphatic rings. The van der Waals surface area contributed by atoms with Crippen molar-refractivity contribution in [3.05, 3.63) is 71.3 Å². The van der Waals surface area contributed by atoms with Gasteiger partial charge in [0.15, 0.2) is 5.60 Å². The van der Waals surface area contributed by atoms with Crippen LogP contribution in [0.4, 0.5) is 8.78 Å². The van der Waals surface area contributed by atoms with Crippen molar-refractivity contribution in [2.75, 3.05) is 0 Å². The molecule has 2 aromatic rings. The van der Waals surface area contributed by atoms with Gasteiger partial charge in [-0.25, -0.2) is 8.78 Å². The quantitative estimate of drug-likeness (QED) is 0.750. The molecule has 0 aromatic heterocycles. The Morgan fingerprint density at radius 3 is 2.48 bits per heavy atom. The molecular formula is C23H23F2NO3. The number of fused-ring (bicyclic) bond motifs is 1. The average Bonchev–Trinajstić information content (AvgIpc) is 3.20. The lowest BCUT2D eigenvalue weighted by Crippen LogP contribution is -2.55. The molecule has 1 saturated carbocycles. The second kappa shape index (κ2) is 6.89. The van der Waals surface area contributed by atoms with Gasteiger partial charge in [0.1, 0.15) is 17.9 Å². The highest BCUT2D eigenvalue weighted by atomic mass is 19.1. The summed E-state index contributed by atoms with van der Waals surface area (Å²) < 4.78 is 39.6. The van der Waals surface area contributed by atoms with Crippen LogP contribution < -0.4 is 0 Å². The monoisotopic (exact) mass is 399 g/mol. The van der Waals surface area contributed by atoms with Crippen molar-refractivity contribution in [2.24, 2.45) is 0 Å². The third-order valence-electron chi connectivity index (χ3n) is 6.37. The Bertz CT molecular complexity index is 909. The second-order valence-electron chi connectivity index (χ2n) is 8.29. The summed E-state index contributed by atoms with van der Waals surface area (Å²) in [4.78, 5) is 14.9. The Labute approximate surface area is 168 Å². The van der Waals surface area contributed by atoms with Gasteiger partial charge in [-0.2, -0.15) is 0 Å². The Morgan fingerprint density at radius 1 is 1.10 bits per heavy atom. The highest BCUT2D eigenvalue weighted by molar-refractivity contribution is 5.89. The van der Waals surface area contributed by atoms with Crippen LogP contribution in [0.5, 0.6) is 0 Å². The molecule has 2 saturated heterocycles. The Morgan fingerprint density at radius 2 is 1.79 bits per heavy atom. The van der Waals surface area contributed by atoms with Crippen LogP contribution in [-0.4, -0.2) is 28.7 Å². The molecule has 6 heteroatoms. The summed E-state index contributed by atoms with van der Waals surface area (Å²) in [7, 11) is 0. The van der Waals surface area contributed by atoms with Gasteiger partial charge in [-0.15, -0.1) is 0 Å². The summed E-state index contributed by atoms with van der Waals surface area (Å²) in [6.07, 6.45) is 1.91. The van der Waals surface area contributed by atoms with Gasteiger partial charge in [-0.05, 0) is 43.0 Å². The van der Waals surface area contributed by atoms with E-state index in [4.69, 9.17) is 9.47 Å². The minimum absolute atomic E-state index is 0.0424. The standard InChI is InChI=1S/C23H23F2NO3/c1-14(15-5-3-2-4-6-15)28-19-12-23(13-19)22(27)26-20(7-8-21(26)29-23)16-9-17(24)11-18(25)10-16/h2-6,9-11,14,19-21H,7-8,12-13H2,1H3/t14-,19?,20-,21+,23?/m0/s1. The first kappa shape index (κ1) is 18.7. The van der Waals surface area contributed by atoms with Crippen LogP contribution in [0.2, 0.25) is 0 Å². The van der Waals surface area contributed by atoms with Crippen LogP contribution in [0.25, 0.3) is 0 Å². The van der Waals surface area contributed by atoms with E-state index in [-0.39, 0.29) is 30.4 Å². The number of hydrogen-bond donors (Lipinski definition) is 0. The maximum atomic E-state index is 13.7. The zero-order valence-corrected chi connectivity index (χ0v) is 16.2. The average molecular weight is 399 g/mol. The van der Waals surface area contributed by atoms with E-state index in [2.05, 4.69) is 0 Å². The lowest BCUT2D eigenvalue weighted by molar-refractivity contribution is -0.184. The maximum absolute atomic E-state index is 13.7. The van der Waals surface area contributed by atoms with Crippen molar-refractivity contribution in [3.63, 3.8) is 0 Å². The molecule has 0 bridgehead atoms. The topological polar surface area (TPSA) is 38.8 Å². The Balaban J connectivity index is 1.27. The molecule has 152 valence electrons. The van der Waals surface area contributed by atoms with E-state index in [9.17, 15) is 13.6 Å². The molecule has 1 spiro atoms. The zero-order valence-electron chi connectivity index (χ0n) is 16.2. The number of halogens is 2. The number of carbonyl (C=O) groups is 1. The van der Waals surface area contributed by atoms with Crippen LogP contribution in [0.15, 0.2) is 48.5 Å². The number of hydrogen-bond acceptors (Lipinski definition) is 3. The van der Waals surface area contributed by atoms with Crippen LogP contribution in [0.3, 0.4) is 0 Å². The highest BCUT2D eigenvalue weighted by Gasteiger charge is 2.63. The number of ether oxygens (including phenoxy) is 2. The summed E-state index contributed by atoms with van der Waals surface area (Å²) in [5.74, 6) is -1.34. The number of amides is 1. The molecular weight excluding hydrogens is 376 g/mol. The lowest BCUT2D eigenvalue weighted by Gasteiger charge is -2.43. The van der Waals surface area contributed by atoms with Crippen molar-refractivity contribution in [3.8, 4) is 0 Å². The number of carbonyl (C=O) groups excluding carboxylic acids is 1. The predicted octanol–water partition coefficient (Wildman–Crippen LogP) is 4.66. The van der Waals surface area contributed by atoms with Gasteiger partial charge < -0.3 is 14.4 Å². The minimum Gasteiger partial charge on any atom is -0.370 e. The van der Waals surface area contributed by atoms with Gasteiger partial charge in [0.05, 0.1) is 18.2 Å². The normalized spacial score (nSPS) is 31.8. The van der Waals surface area contributed by atoms with Crippen LogP contribution in [0.1, 0.15) is 55.9 Å². The summed E-state index contributed by atoms with van der Waals surface area (Å²) >= 11 is 0. The van der Waals surface area contributed by atoms with Crippen molar-refractivity contribution >= 4 is 5.91 Å². The third-order valence-corrected chi connectivity index (χ3v) is 6.37. The van der Waals surface area contributed by atoms with Gasteiger partial charge in [-0.1, -0.05) is 30.3 Å². The highest BCUT2D eigenvalue weighted by Crippen LogP contribution is 2.52. The SMILES string of the molecule is C[C@H](OC1CC2(C1)O[C@@H]1CC[C@@H](c3cc(F)cc(F)c3)N1C2=O)c1ccccc1. The van der Waals surface area contributed by atoms with Crippen molar-refractivity contribution < 1.29 is 23.0 Å². The number of nitrogens with zero attached hydrogens (tertiary/aromatic N) is 1. The molecule has 2 aromatic carbocycles. The molecule has 4 nitrogen and oxygen atoms in total. The van der Waals surface area contributed by atoms with Crippen molar-refractivity contribution in [1.29, 1.82) is 0 Å².